The van der Waals surface area contributed by atoms with Crippen LogP contribution in [0.5, 0.6) is 0 Å². The lowest BCUT2D eigenvalue weighted by Gasteiger charge is -2.38. The number of amides is 2. The van der Waals surface area contributed by atoms with Crippen LogP contribution in [0.2, 0.25) is 0 Å². The molecule has 0 radical (unpaired) electrons. The molecule has 1 saturated heterocycles. The predicted molar refractivity (Wildman–Crippen MR) is 61.4 cm³/mol. The van der Waals surface area contributed by atoms with Gasteiger partial charge >= 0.3 is 6.03 Å². The molecule has 0 saturated carbocycles. The van der Waals surface area contributed by atoms with E-state index in [1.807, 2.05) is 13.8 Å². The van der Waals surface area contributed by atoms with Gasteiger partial charge in [-0.3, -0.25) is 0 Å². The normalized spacial score (nSPS) is 20.6. The van der Waals surface area contributed by atoms with Gasteiger partial charge in [0.25, 0.3) is 0 Å². The Bertz CT molecular complexity index is 283. The molecule has 1 fully saturated rings. The summed E-state index contributed by atoms with van der Waals surface area (Å²) in [5.41, 5.74) is 5.35. The standard InChI is InChI=1S/C10H20N4O2/c1-3-12-9(15)14-6-4-10(2,5-7-14)8(11)13-16/h16H,3-7H2,1-2H3,(H2,11,13)(H,12,15). The van der Waals surface area contributed by atoms with Crippen molar-refractivity contribution in [3.63, 3.8) is 0 Å². The summed E-state index contributed by atoms with van der Waals surface area (Å²) < 4.78 is 0. The maximum Gasteiger partial charge on any atom is 0.317 e. The highest BCUT2D eigenvalue weighted by Crippen LogP contribution is 2.30. The molecule has 0 aromatic heterocycles. The van der Waals surface area contributed by atoms with E-state index in [0.717, 1.165) is 12.8 Å². The molecule has 0 aromatic rings. The number of hydrogen-bond donors (Lipinski definition) is 3. The zero-order valence-electron chi connectivity index (χ0n) is 9.86. The summed E-state index contributed by atoms with van der Waals surface area (Å²) >= 11 is 0. The van der Waals surface area contributed by atoms with Crippen LogP contribution in [0.15, 0.2) is 5.16 Å². The van der Waals surface area contributed by atoms with Crippen LogP contribution in [0.25, 0.3) is 0 Å². The van der Waals surface area contributed by atoms with E-state index in [9.17, 15) is 4.79 Å². The molecular formula is C10H20N4O2. The fourth-order valence-corrected chi connectivity index (χ4v) is 1.84. The van der Waals surface area contributed by atoms with Crippen LogP contribution in [0.4, 0.5) is 4.79 Å². The molecule has 0 aliphatic carbocycles. The molecule has 92 valence electrons. The highest BCUT2D eigenvalue weighted by Gasteiger charge is 2.35. The van der Waals surface area contributed by atoms with Crippen LogP contribution >= 0.6 is 0 Å². The van der Waals surface area contributed by atoms with E-state index in [2.05, 4.69) is 10.5 Å². The summed E-state index contributed by atoms with van der Waals surface area (Å²) in [4.78, 5) is 13.3. The molecule has 6 nitrogen and oxygen atoms in total. The minimum Gasteiger partial charge on any atom is -0.409 e. The lowest BCUT2D eigenvalue weighted by molar-refractivity contribution is 0.158. The van der Waals surface area contributed by atoms with Crippen molar-refractivity contribution in [2.75, 3.05) is 19.6 Å². The van der Waals surface area contributed by atoms with Crippen molar-refractivity contribution in [2.45, 2.75) is 26.7 Å². The van der Waals surface area contributed by atoms with E-state index in [0.29, 0.717) is 19.6 Å². The summed E-state index contributed by atoms with van der Waals surface area (Å²) in [6.45, 7) is 5.75. The van der Waals surface area contributed by atoms with E-state index in [-0.39, 0.29) is 17.3 Å². The number of carbonyl (C=O) groups excluding carboxylic acids is 1. The third-order valence-electron chi connectivity index (χ3n) is 3.21. The van der Waals surface area contributed by atoms with Gasteiger partial charge < -0.3 is 21.2 Å². The molecule has 1 aliphatic heterocycles. The largest absolute Gasteiger partial charge is 0.409 e. The van der Waals surface area contributed by atoms with Gasteiger partial charge in [-0.25, -0.2) is 4.79 Å². The van der Waals surface area contributed by atoms with Gasteiger partial charge in [0, 0.05) is 25.0 Å². The van der Waals surface area contributed by atoms with Gasteiger partial charge in [0.1, 0.15) is 5.84 Å². The number of urea groups is 1. The van der Waals surface area contributed by atoms with E-state index in [1.165, 1.54) is 0 Å². The molecule has 0 aromatic carbocycles. The number of rotatable bonds is 2. The van der Waals surface area contributed by atoms with Crippen molar-refractivity contribution in [3.05, 3.63) is 0 Å². The molecule has 1 heterocycles. The molecule has 1 rings (SSSR count). The van der Waals surface area contributed by atoms with Gasteiger partial charge in [-0.05, 0) is 19.8 Å². The fraction of sp³-hybridized carbons (Fsp3) is 0.800. The Labute approximate surface area is 95.5 Å². The van der Waals surface area contributed by atoms with Crippen LogP contribution in [0.3, 0.4) is 0 Å². The van der Waals surface area contributed by atoms with E-state index in [1.54, 1.807) is 4.90 Å². The number of carbonyl (C=O) groups is 1. The zero-order valence-corrected chi connectivity index (χ0v) is 9.86. The van der Waals surface area contributed by atoms with Gasteiger partial charge in [0.05, 0.1) is 0 Å². The van der Waals surface area contributed by atoms with Gasteiger partial charge in [0.2, 0.25) is 0 Å². The number of likely N-dealkylation sites (tertiary alicyclic amines) is 1. The Kier molecular flexibility index (Phi) is 3.98. The second-order valence-electron chi connectivity index (χ2n) is 4.37. The van der Waals surface area contributed by atoms with Crippen molar-refractivity contribution in [1.29, 1.82) is 0 Å². The average Bonchev–Trinajstić information content (AvgIpc) is 2.29. The summed E-state index contributed by atoms with van der Waals surface area (Å²) in [7, 11) is 0. The van der Waals surface area contributed by atoms with E-state index in [4.69, 9.17) is 10.9 Å². The highest BCUT2D eigenvalue weighted by molar-refractivity contribution is 5.86. The zero-order chi connectivity index (χ0) is 12.2. The van der Waals surface area contributed by atoms with Crippen LogP contribution < -0.4 is 11.1 Å². The average molecular weight is 228 g/mol. The first-order chi connectivity index (χ1) is 7.53. The van der Waals surface area contributed by atoms with E-state index < -0.39 is 0 Å². The molecule has 0 spiro atoms. The van der Waals surface area contributed by atoms with Gasteiger partial charge in [-0.15, -0.1) is 0 Å². The lowest BCUT2D eigenvalue weighted by atomic mass is 9.79. The quantitative estimate of drug-likeness (QED) is 0.279. The maximum absolute atomic E-state index is 11.6. The number of oxime groups is 1. The van der Waals surface area contributed by atoms with Crippen molar-refractivity contribution in [3.8, 4) is 0 Å². The van der Waals surface area contributed by atoms with Crippen molar-refractivity contribution < 1.29 is 10.0 Å². The third-order valence-corrected chi connectivity index (χ3v) is 3.21. The summed E-state index contributed by atoms with van der Waals surface area (Å²) in [5.74, 6) is 0.253. The first kappa shape index (κ1) is 12.6. The molecule has 0 bridgehead atoms. The smallest absolute Gasteiger partial charge is 0.317 e. The maximum atomic E-state index is 11.6. The Morgan fingerprint density at radius 3 is 2.56 bits per heavy atom. The summed E-state index contributed by atoms with van der Waals surface area (Å²) in [6.07, 6.45) is 1.44. The molecule has 1 aliphatic rings. The molecule has 2 amide bonds. The van der Waals surface area contributed by atoms with Crippen LogP contribution in [0, 0.1) is 5.41 Å². The number of nitrogens with two attached hydrogens (primary N) is 1. The van der Waals surface area contributed by atoms with Gasteiger partial charge in [0.15, 0.2) is 0 Å². The molecule has 6 heteroatoms. The van der Waals surface area contributed by atoms with Crippen molar-refractivity contribution in [1.82, 2.24) is 10.2 Å². The Balaban J connectivity index is 2.54. The number of hydrogen-bond acceptors (Lipinski definition) is 3. The minimum atomic E-state index is -0.294. The molecule has 16 heavy (non-hydrogen) atoms. The molecule has 0 unspecified atom stereocenters. The van der Waals surface area contributed by atoms with Crippen molar-refractivity contribution in [2.24, 2.45) is 16.3 Å². The second kappa shape index (κ2) is 5.05. The van der Waals surface area contributed by atoms with Gasteiger partial charge in [-0.1, -0.05) is 12.1 Å². The fourth-order valence-electron chi connectivity index (χ4n) is 1.84. The Hall–Kier alpha value is -1.46. The van der Waals surface area contributed by atoms with Gasteiger partial charge in [-0.2, -0.15) is 0 Å². The monoisotopic (exact) mass is 228 g/mol. The van der Waals surface area contributed by atoms with Crippen LogP contribution in [-0.4, -0.2) is 41.6 Å². The summed E-state index contributed by atoms with van der Waals surface area (Å²) in [6, 6.07) is -0.0379. The third kappa shape index (κ3) is 2.56. The first-order valence-corrected chi connectivity index (χ1v) is 5.54. The Morgan fingerprint density at radius 1 is 1.56 bits per heavy atom. The summed E-state index contributed by atoms with van der Waals surface area (Å²) in [5, 5.41) is 14.5. The second-order valence-corrected chi connectivity index (χ2v) is 4.37. The number of nitrogens with one attached hydrogen (secondary N) is 1. The minimum absolute atomic E-state index is 0.0379. The van der Waals surface area contributed by atoms with Crippen LogP contribution in [-0.2, 0) is 0 Å². The van der Waals surface area contributed by atoms with Crippen molar-refractivity contribution >= 4 is 11.9 Å². The van der Waals surface area contributed by atoms with E-state index >= 15 is 0 Å². The number of nitrogens with zero attached hydrogens (tertiary/aromatic N) is 2. The van der Waals surface area contributed by atoms with Crippen LogP contribution in [0.1, 0.15) is 26.7 Å². The molecule has 4 N–H and O–H groups in total. The number of amidine groups is 1. The lowest BCUT2D eigenvalue weighted by Crippen LogP contribution is -2.50. The first-order valence-electron chi connectivity index (χ1n) is 5.54. The Morgan fingerprint density at radius 2 is 2.12 bits per heavy atom. The highest BCUT2D eigenvalue weighted by atomic mass is 16.4. The molecular weight excluding hydrogens is 208 g/mol. The SMILES string of the molecule is CCNC(=O)N1CCC(C)(C(N)=NO)CC1. The molecule has 0 atom stereocenters. The topological polar surface area (TPSA) is 91.0 Å². The number of piperidine rings is 1. The predicted octanol–water partition coefficient (Wildman–Crippen LogP) is 0.564.